The van der Waals surface area contributed by atoms with Gasteiger partial charge in [0, 0.05) is 0 Å². The summed E-state index contributed by atoms with van der Waals surface area (Å²) >= 11 is 0. The second-order valence-corrected chi connectivity index (χ2v) is 8.21. The molecule has 1 aliphatic heterocycles. The summed E-state index contributed by atoms with van der Waals surface area (Å²) in [4.78, 5) is 12.2. The fourth-order valence-electron chi connectivity index (χ4n) is 2.73. The Hall–Kier alpha value is -2.68. The lowest BCUT2D eigenvalue weighted by Gasteiger charge is -2.23. The van der Waals surface area contributed by atoms with E-state index >= 15 is 0 Å². The highest BCUT2D eigenvalue weighted by atomic mass is 32.2. The van der Waals surface area contributed by atoms with Crippen LogP contribution in [0.5, 0.6) is 0 Å². The molecule has 2 atom stereocenters. The molecule has 2 aromatic rings. The van der Waals surface area contributed by atoms with Gasteiger partial charge in [0.1, 0.15) is 6.61 Å². The summed E-state index contributed by atoms with van der Waals surface area (Å²) < 4.78 is 40.8. The summed E-state index contributed by atoms with van der Waals surface area (Å²) in [5.41, 5.74) is 1.78. The standard InChI is InChI=1S/C21H23NO6S/c1-16-9-11-18(12-10-16)29(24,25)28-15-19(20-8-5-13-26-20)22-21(23)27-14-17-6-3-2-4-7-17/h2-12,19-20H,13-15H2,1H3,(H,22,23)/t19-,20-/m0/s1. The predicted octanol–water partition coefficient (Wildman–Crippen LogP) is 2.95. The zero-order chi connectivity index (χ0) is 20.7. The van der Waals surface area contributed by atoms with E-state index in [9.17, 15) is 13.2 Å². The van der Waals surface area contributed by atoms with Crippen molar-refractivity contribution in [2.45, 2.75) is 30.6 Å². The van der Waals surface area contributed by atoms with Crippen LogP contribution in [0.4, 0.5) is 4.79 Å². The van der Waals surface area contributed by atoms with Crippen LogP contribution in [0.1, 0.15) is 11.1 Å². The van der Waals surface area contributed by atoms with Crippen molar-refractivity contribution in [2.24, 2.45) is 0 Å². The van der Waals surface area contributed by atoms with E-state index in [-0.39, 0.29) is 18.1 Å². The minimum absolute atomic E-state index is 0.0522. The molecule has 1 heterocycles. The molecule has 0 aliphatic carbocycles. The van der Waals surface area contributed by atoms with E-state index < -0.39 is 28.4 Å². The van der Waals surface area contributed by atoms with Gasteiger partial charge in [-0.1, -0.05) is 60.2 Å². The van der Waals surface area contributed by atoms with Gasteiger partial charge in [-0.05, 0) is 24.6 Å². The number of aryl methyl sites for hydroxylation is 1. The summed E-state index contributed by atoms with van der Waals surface area (Å²) in [5, 5.41) is 2.64. The Labute approximate surface area is 170 Å². The average Bonchev–Trinajstić information content (AvgIpc) is 3.25. The lowest BCUT2D eigenvalue weighted by molar-refractivity contribution is 0.0687. The minimum Gasteiger partial charge on any atom is -0.445 e. The number of alkyl carbamates (subject to hydrolysis) is 1. The summed E-state index contributed by atoms with van der Waals surface area (Å²) in [7, 11) is -3.96. The summed E-state index contributed by atoms with van der Waals surface area (Å²) in [6, 6.07) is 14.9. The molecule has 1 aliphatic rings. The number of hydrogen-bond donors (Lipinski definition) is 1. The Bertz CT molecular complexity index is 941. The number of hydrogen-bond acceptors (Lipinski definition) is 6. The van der Waals surface area contributed by atoms with E-state index in [2.05, 4.69) is 5.32 Å². The van der Waals surface area contributed by atoms with Crippen molar-refractivity contribution in [2.75, 3.05) is 13.2 Å². The van der Waals surface area contributed by atoms with E-state index in [1.165, 1.54) is 12.1 Å². The number of carbonyl (C=O) groups excluding carboxylic acids is 1. The number of ether oxygens (including phenoxy) is 2. The van der Waals surface area contributed by atoms with Gasteiger partial charge < -0.3 is 14.8 Å². The molecule has 0 unspecified atom stereocenters. The fraction of sp³-hybridized carbons (Fsp3) is 0.286. The number of rotatable bonds is 8. The molecular weight excluding hydrogens is 394 g/mol. The van der Waals surface area contributed by atoms with Crippen LogP contribution >= 0.6 is 0 Å². The molecule has 8 heteroatoms. The van der Waals surface area contributed by atoms with Crippen molar-refractivity contribution in [3.63, 3.8) is 0 Å². The summed E-state index contributed by atoms with van der Waals surface area (Å²) in [6.07, 6.45) is 2.36. The maximum atomic E-state index is 12.4. The van der Waals surface area contributed by atoms with Gasteiger partial charge in [0.25, 0.3) is 10.1 Å². The predicted molar refractivity (Wildman–Crippen MR) is 107 cm³/mol. The van der Waals surface area contributed by atoms with Crippen LogP contribution in [-0.2, 0) is 30.4 Å². The highest BCUT2D eigenvalue weighted by Gasteiger charge is 2.28. The largest absolute Gasteiger partial charge is 0.445 e. The van der Waals surface area contributed by atoms with Gasteiger partial charge in [-0.3, -0.25) is 4.18 Å². The molecule has 29 heavy (non-hydrogen) atoms. The van der Waals surface area contributed by atoms with Gasteiger partial charge in [-0.2, -0.15) is 8.42 Å². The monoisotopic (exact) mass is 417 g/mol. The Kier molecular flexibility index (Phi) is 7.03. The molecule has 0 fully saturated rings. The Morgan fingerprint density at radius 3 is 2.55 bits per heavy atom. The smallest absolute Gasteiger partial charge is 0.407 e. The second kappa shape index (κ2) is 9.69. The van der Waals surface area contributed by atoms with E-state index in [1.807, 2.05) is 37.3 Å². The van der Waals surface area contributed by atoms with Gasteiger partial charge in [0.2, 0.25) is 0 Å². The van der Waals surface area contributed by atoms with Gasteiger partial charge >= 0.3 is 6.09 Å². The fourth-order valence-corrected chi connectivity index (χ4v) is 3.66. The molecule has 0 spiro atoms. The van der Waals surface area contributed by atoms with Crippen LogP contribution in [0.25, 0.3) is 0 Å². The van der Waals surface area contributed by atoms with Crippen molar-refractivity contribution in [1.82, 2.24) is 5.32 Å². The van der Waals surface area contributed by atoms with Crippen molar-refractivity contribution in [3.05, 3.63) is 77.9 Å². The van der Waals surface area contributed by atoms with Crippen LogP contribution in [-0.4, -0.2) is 39.9 Å². The van der Waals surface area contributed by atoms with E-state index in [4.69, 9.17) is 13.7 Å². The first-order valence-corrected chi connectivity index (χ1v) is 10.6. The molecule has 0 bridgehead atoms. The van der Waals surface area contributed by atoms with Crippen LogP contribution < -0.4 is 5.32 Å². The van der Waals surface area contributed by atoms with Crippen molar-refractivity contribution < 1.29 is 26.9 Å². The number of carbonyl (C=O) groups is 1. The molecule has 2 aromatic carbocycles. The molecule has 0 saturated heterocycles. The van der Waals surface area contributed by atoms with Crippen LogP contribution in [0.15, 0.2) is 71.6 Å². The third kappa shape index (κ3) is 6.15. The highest BCUT2D eigenvalue weighted by Crippen LogP contribution is 2.16. The molecular formula is C21H23NO6S. The first-order valence-electron chi connectivity index (χ1n) is 9.15. The van der Waals surface area contributed by atoms with Gasteiger partial charge in [-0.15, -0.1) is 0 Å². The van der Waals surface area contributed by atoms with Crippen LogP contribution in [0.2, 0.25) is 0 Å². The van der Waals surface area contributed by atoms with Crippen LogP contribution in [0, 0.1) is 6.92 Å². The zero-order valence-corrected chi connectivity index (χ0v) is 16.8. The Morgan fingerprint density at radius 2 is 1.90 bits per heavy atom. The van der Waals surface area contributed by atoms with E-state index in [0.29, 0.717) is 6.61 Å². The second-order valence-electron chi connectivity index (χ2n) is 6.59. The maximum absolute atomic E-state index is 12.4. The third-order valence-corrected chi connectivity index (χ3v) is 5.63. The molecule has 7 nitrogen and oxygen atoms in total. The van der Waals surface area contributed by atoms with Crippen molar-refractivity contribution in [1.29, 1.82) is 0 Å². The van der Waals surface area contributed by atoms with E-state index in [0.717, 1.165) is 11.1 Å². The maximum Gasteiger partial charge on any atom is 0.407 e. The molecule has 154 valence electrons. The molecule has 0 radical (unpaired) electrons. The van der Waals surface area contributed by atoms with E-state index in [1.54, 1.807) is 24.3 Å². The number of amides is 1. The number of benzene rings is 2. The first kappa shape index (κ1) is 21.0. The van der Waals surface area contributed by atoms with Gasteiger partial charge in [0.05, 0.1) is 30.3 Å². The number of nitrogens with one attached hydrogen (secondary N) is 1. The van der Waals surface area contributed by atoms with Crippen molar-refractivity contribution >= 4 is 16.2 Å². The molecule has 1 amide bonds. The van der Waals surface area contributed by atoms with Crippen molar-refractivity contribution in [3.8, 4) is 0 Å². The molecule has 1 N–H and O–H groups in total. The first-order chi connectivity index (χ1) is 13.9. The summed E-state index contributed by atoms with van der Waals surface area (Å²) in [6.45, 7) is 2.06. The van der Waals surface area contributed by atoms with Gasteiger partial charge in [0.15, 0.2) is 0 Å². The third-order valence-electron chi connectivity index (χ3n) is 4.34. The van der Waals surface area contributed by atoms with Crippen LogP contribution in [0.3, 0.4) is 0 Å². The molecule has 0 aromatic heterocycles. The Balaban J connectivity index is 1.60. The topological polar surface area (TPSA) is 90.9 Å². The highest BCUT2D eigenvalue weighted by molar-refractivity contribution is 7.86. The molecule has 0 saturated carbocycles. The molecule has 3 rings (SSSR count). The lowest BCUT2D eigenvalue weighted by Crippen LogP contribution is -2.46. The Morgan fingerprint density at radius 1 is 1.17 bits per heavy atom. The minimum atomic E-state index is -3.96. The quantitative estimate of drug-likeness (QED) is 0.525. The SMILES string of the molecule is Cc1ccc(S(=O)(=O)OC[C@H](NC(=O)OCc2ccccc2)[C@@H]2C=CCO2)cc1. The zero-order valence-electron chi connectivity index (χ0n) is 16.0. The normalized spacial score (nSPS) is 17.1. The average molecular weight is 417 g/mol. The summed E-state index contributed by atoms with van der Waals surface area (Å²) in [5.74, 6) is 0. The van der Waals surface area contributed by atoms with Gasteiger partial charge in [-0.25, -0.2) is 4.79 Å². The lowest BCUT2D eigenvalue weighted by atomic mass is 10.2.